The maximum absolute atomic E-state index is 13.1. The van der Waals surface area contributed by atoms with E-state index in [1.165, 1.54) is 12.1 Å². The molecule has 1 amide bonds. The molecule has 0 bridgehead atoms. The summed E-state index contributed by atoms with van der Waals surface area (Å²) in [5, 5.41) is 1.92. The fourth-order valence-electron chi connectivity index (χ4n) is 2.58. The molecule has 0 spiro atoms. The van der Waals surface area contributed by atoms with Gasteiger partial charge in [-0.05, 0) is 52.3 Å². The van der Waals surface area contributed by atoms with Crippen LogP contribution in [0.4, 0.5) is 4.79 Å². The van der Waals surface area contributed by atoms with Gasteiger partial charge in [0.15, 0.2) is 6.04 Å². The number of hydrogen-bond donors (Lipinski definition) is 1. The van der Waals surface area contributed by atoms with Crippen LogP contribution in [0.15, 0.2) is 53.4 Å². The van der Waals surface area contributed by atoms with Crippen molar-refractivity contribution >= 4 is 21.0 Å². The minimum Gasteiger partial charge on any atom is -0.444 e. The minimum atomic E-state index is -4.18. The van der Waals surface area contributed by atoms with Gasteiger partial charge in [0, 0.05) is 0 Å². The Hall–Kier alpha value is -2.96. The lowest BCUT2D eigenvalue weighted by Gasteiger charge is -2.22. The molecule has 2 aromatic rings. The summed E-state index contributed by atoms with van der Waals surface area (Å²) in [5.41, 5.74) is 11.1. The molecule has 0 saturated carbocycles. The zero-order valence-electron chi connectivity index (χ0n) is 17.1. The van der Waals surface area contributed by atoms with Gasteiger partial charge in [0.1, 0.15) is 5.60 Å². The van der Waals surface area contributed by atoms with Crippen LogP contribution in [0.2, 0.25) is 0 Å². The van der Waals surface area contributed by atoms with Gasteiger partial charge in [0.2, 0.25) is 0 Å². The number of carbonyl (C=O) groups is 1. The molecule has 1 N–H and O–H groups in total. The summed E-state index contributed by atoms with van der Waals surface area (Å²) < 4.78 is 31.5. The molecule has 7 nitrogen and oxygen atoms in total. The molecular weight excluding hydrogens is 390 g/mol. The fourth-order valence-corrected chi connectivity index (χ4v) is 3.93. The Morgan fingerprint density at radius 2 is 1.48 bits per heavy atom. The van der Waals surface area contributed by atoms with Crippen LogP contribution < -0.4 is 5.32 Å². The van der Waals surface area contributed by atoms with Crippen LogP contribution in [0.3, 0.4) is 0 Å². The summed E-state index contributed by atoms with van der Waals surface area (Å²) >= 11 is 0. The van der Waals surface area contributed by atoms with Crippen molar-refractivity contribution in [3.8, 4) is 0 Å². The van der Waals surface area contributed by atoms with Crippen LogP contribution in [0.1, 0.15) is 43.5 Å². The Morgan fingerprint density at radius 1 is 1.00 bits per heavy atom. The smallest absolute Gasteiger partial charge is 0.412 e. The van der Waals surface area contributed by atoms with E-state index in [4.69, 9.17) is 4.74 Å². The summed E-state index contributed by atoms with van der Waals surface area (Å²) in [4.78, 5) is 15.4. The first-order valence-corrected chi connectivity index (χ1v) is 10.5. The van der Waals surface area contributed by atoms with Crippen molar-refractivity contribution < 1.29 is 22.7 Å². The lowest BCUT2D eigenvalue weighted by Crippen LogP contribution is -2.40. The number of aryl methyl sites for hydroxylation is 2. The van der Waals surface area contributed by atoms with Crippen molar-refractivity contribution in [1.29, 1.82) is 0 Å². The second kappa shape index (κ2) is 8.59. The highest BCUT2D eigenvalue weighted by Crippen LogP contribution is 2.23. The predicted molar refractivity (Wildman–Crippen MR) is 110 cm³/mol. The fraction of sp³-hybridized carbons (Fsp3) is 0.333. The first-order chi connectivity index (χ1) is 13.4. The van der Waals surface area contributed by atoms with Crippen molar-refractivity contribution in [1.82, 2.24) is 5.32 Å². The molecule has 1 atom stereocenters. The lowest BCUT2D eigenvalue weighted by molar-refractivity contribution is -0.00686. The standard InChI is InChI=1S/C21H25N3O4S/c1-14-6-10-16(11-7-14)18(23-20(25)28-21(3,4)5)19(24-22)29(26,27)17-12-8-15(2)9-13-17/h6-13,18H,1-5H3,(H,23,25)/t18-/m1/s1. The topological polar surface area (TPSA) is 109 Å². The number of sulfone groups is 1. The van der Waals surface area contributed by atoms with Crippen molar-refractivity contribution in [2.45, 2.75) is 51.2 Å². The molecule has 0 aliphatic rings. The molecule has 0 saturated heterocycles. The average Bonchev–Trinajstić information content (AvgIpc) is 2.61. The first kappa shape index (κ1) is 22.3. The van der Waals surface area contributed by atoms with Gasteiger partial charge in [0.25, 0.3) is 9.84 Å². The zero-order valence-corrected chi connectivity index (χ0v) is 17.9. The van der Waals surface area contributed by atoms with Crippen LogP contribution >= 0.6 is 0 Å². The molecule has 154 valence electrons. The predicted octanol–water partition coefficient (Wildman–Crippen LogP) is 3.97. The minimum absolute atomic E-state index is 0.0426. The SMILES string of the molecule is Cc1ccc([C@@H](NC(=O)OC(C)(C)C)C(=[N+]=[N-])S(=O)(=O)c2ccc(C)cc2)cc1. The van der Waals surface area contributed by atoms with Crippen molar-refractivity contribution in [3.05, 3.63) is 70.8 Å². The third-order valence-corrected chi connectivity index (χ3v) is 5.78. The number of amides is 1. The largest absolute Gasteiger partial charge is 0.444 e. The number of ether oxygens (including phenoxy) is 1. The molecule has 0 aliphatic heterocycles. The molecular formula is C21H25N3O4S. The van der Waals surface area contributed by atoms with Crippen LogP contribution in [-0.4, -0.2) is 29.9 Å². The van der Waals surface area contributed by atoms with Crippen LogP contribution in [-0.2, 0) is 14.6 Å². The van der Waals surface area contributed by atoms with Gasteiger partial charge in [-0.2, -0.15) is 4.79 Å². The maximum Gasteiger partial charge on any atom is 0.412 e. The van der Waals surface area contributed by atoms with Gasteiger partial charge >= 0.3 is 11.1 Å². The van der Waals surface area contributed by atoms with E-state index in [0.717, 1.165) is 11.1 Å². The zero-order chi connectivity index (χ0) is 21.8. The normalized spacial score (nSPS) is 12.6. The molecule has 0 aliphatic carbocycles. The average molecular weight is 416 g/mol. The number of benzene rings is 2. The number of carbonyl (C=O) groups excluding carboxylic acids is 1. The number of nitrogens with one attached hydrogen (secondary N) is 1. The quantitative estimate of drug-likeness (QED) is 0.353. The Morgan fingerprint density at radius 3 is 1.93 bits per heavy atom. The van der Waals surface area contributed by atoms with E-state index in [0.29, 0.717) is 5.56 Å². The van der Waals surface area contributed by atoms with E-state index < -0.39 is 32.6 Å². The molecule has 2 rings (SSSR count). The highest BCUT2D eigenvalue weighted by molar-refractivity contribution is 8.06. The highest BCUT2D eigenvalue weighted by atomic mass is 32.2. The number of hydrogen-bond acceptors (Lipinski definition) is 4. The van der Waals surface area contributed by atoms with E-state index in [1.54, 1.807) is 57.2 Å². The molecule has 8 heteroatoms. The summed E-state index contributed by atoms with van der Waals surface area (Å²) in [6, 6.07) is 11.8. The van der Waals surface area contributed by atoms with Crippen molar-refractivity contribution in [2.24, 2.45) is 0 Å². The van der Waals surface area contributed by atoms with E-state index in [-0.39, 0.29) is 4.90 Å². The third kappa shape index (κ3) is 5.76. The van der Waals surface area contributed by atoms with Gasteiger partial charge in [-0.3, -0.25) is 0 Å². The van der Waals surface area contributed by atoms with Crippen molar-refractivity contribution in [3.63, 3.8) is 0 Å². The molecule has 0 aromatic heterocycles. The molecule has 0 fully saturated rings. The maximum atomic E-state index is 13.1. The Balaban J connectivity index is 2.52. The van der Waals surface area contributed by atoms with E-state index >= 15 is 0 Å². The molecule has 2 aromatic carbocycles. The van der Waals surface area contributed by atoms with Gasteiger partial charge in [-0.1, -0.05) is 47.5 Å². The summed E-state index contributed by atoms with van der Waals surface area (Å²) in [6.45, 7) is 8.79. The van der Waals surface area contributed by atoms with Gasteiger partial charge < -0.3 is 15.6 Å². The van der Waals surface area contributed by atoms with E-state index in [2.05, 4.69) is 10.1 Å². The van der Waals surface area contributed by atoms with E-state index in [1.807, 2.05) is 13.8 Å². The summed E-state index contributed by atoms with van der Waals surface area (Å²) in [6.07, 6.45) is -0.830. The second-order valence-corrected chi connectivity index (χ2v) is 9.64. The Kier molecular flexibility index (Phi) is 6.62. The van der Waals surface area contributed by atoms with Crippen LogP contribution in [0, 0.1) is 13.8 Å². The molecule has 0 heterocycles. The van der Waals surface area contributed by atoms with Crippen LogP contribution in [0.5, 0.6) is 0 Å². The van der Waals surface area contributed by atoms with Gasteiger partial charge in [-0.15, -0.1) is 0 Å². The summed E-state index contributed by atoms with van der Waals surface area (Å²) in [5.74, 6) is 0. The number of rotatable bonds is 4. The monoisotopic (exact) mass is 415 g/mol. The highest BCUT2D eigenvalue weighted by Gasteiger charge is 2.40. The van der Waals surface area contributed by atoms with Crippen LogP contribution in [0.25, 0.3) is 5.53 Å². The Labute approximate surface area is 171 Å². The van der Waals surface area contributed by atoms with Gasteiger partial charge in [-0.25, -0.2) is 13.2 Å². The Bertz CT molecular complexity index is 1030. The van der Waals surface area contributed by atoms with E-state index in [9.17, 15) is 18.7 Å². The second-order valence-electron chi connectivity index (χ2n) is 7.74. The molecule has 0 unspecified atom stereocenters. The number of nitrogens with zero attached hydrogens (tertiary/aromatic N) is 2. The van der Waals surface area contributed by atoms with Gasteiger partial charge in [0.05, 0.1) is 4.90 Å². The number of alkyl carbamates (subject to hydrolysis) is 1. The third-order valence-electron chi connectivity index (χ3n) is 4.02. The molecule has 29 heavy (non-hydrogen) atoms. The summed E-state index contributed by atoms with van der Waals surface area (Å²) in [7, 11) is -4.18. The first-order valence-electron chi connectivity index (χ1n) is 9.04. The van der Waals surface area contributed by atoms with Crippen molar-refractivity contribution in [2.75, 3.05) is 0 Å². The molecule has 0 radical (unpaired) electrons. The lowest BCUT2D eigenvalue weighted by atomic mass is 10.1.